The second kappa shape index (κ2) is 9.45. The molecule has 0 saturated heterocycles. The van der Waals surface area contributed by atoms with Crippen LogP contribution in [-0.2, 0) is 6.42 Å². The van der Waals surface area contributed by atoms with Gasteiger partial charge in [-0.25, -0.2) is 0 Å². The quantitative estimate of drug-likeness (QED) is 0.403. The zero-order chi connectivity index (χ0) is 15.6. The van der Waals surface area contributed by atoms with Gasteiger partial charge in [-0.1, -0.05) is 86.3 Å². The maximum atomic E-state index is 4.51. The van der Waals surface area contributed by atoms with Gasteiger partial charge >= 0.3 is 0 Å². The van der Waals surface area contributed by atoms with Crippen LogP contribution in [0.15, 0.2) is 40.3 Å². The summed E-state index contributed by atoms with van der Waals surface area (Å²) in [7, 11) is 0. The number of hydrogen-bond acceptors (Lipinski definition) is 2. The van der Waals surface area contributed by atoms with Crippen molar-refractivity contribution >= 4 is 12.4 Å². The predicted octanol–water partition coefficient (Wildman–Crippen LogP) is 5.49. The average Bonchev–Trinajstić information content (AvgIpc) is 3.08. The van der Waals surface area contributed by atoms with Gasteiger partial charge in [-0.15, -0.1) is 0 Å². The van der Waals surface area contributed by atoms with E-state index < -0.39 is 0 Å². The lowest BCUT2D eigenvalue weighted by Crippen LogP contribution is -2.21. The Labute approximate surface area is 135 Å². The van der Waals surface area contributed by atoms with E-state index in [0.29, 0.717) is 11.8 Å². The molecule has 1 aromatic carbocycles. The van der Waals surface area contributed by atoms with Crippen molar-refractivity contribution in [3.63, 3.8) is 0 Å². The molecule has 0 spiro atoms. The first-order valence-corrected chi connectivity index (χ1v) is 8.82. The Morgan fingerprint density at radius 3 is 2.32 bits per heavy atom. The molecule has 2 rings (SSSR count). The van der Waals surface area contributed by atoms with E-state index >= 15 is 0 Å². The molecule has 2 heteroatoms. The van der Waals surface area contributed by atoms with Crippen LogP contribution in [0.5, 0.6) is 0 Å². The summed E-state index contributed by atoms with van der Waals surface area (Å²) in [6.45, 7) is 4.57. The highest BCUT2D eigenvalue weighted by Crippen LogP contribution is 2.35. The Balaban J connectivity index is 2.00. The molecule has 0 N–H and O–H groups in total. The summed E-state index contributed by atoms with van der Waals surface area (Å²) in [5, 5.41) is 0. The van der Waals surface area contributed by atoms with Crippen molar-refractivity contribution in [2.45, 2.75) is 58.8 Å². The molecule has 0 bridgehead atoms. The number of unbranched alkanes of at least 4 members (excludes halogenated alkanes) is 3. The zero-order valence-electron chi connectivity index (χ0n) is 14.0. The van der Waals surface area contributed by atoms with Crippen molar-refractivity contribution in [3.05, 3.63) is 42.1 Å². The lowest BCUT2D eigenvalue weighted by Gasteiger charge is -2.24. The summed E-state index contributed by atoms with van der Waals surface area (Å²) in [6.07, 6.45) is 13.5. The van der Waals surface area contributed by atoms with E-state index in [0.717, 1.165) is 12.6 Å². The van der Waals surface area contributed by atoms with Gasteiger partial charge in [0.1, 0.15) is 0 Å². The summed E-state index contributed by atoms with van der Waals surface area (Å²) in [6, 6.07) is 10.8. The summed E-state index contributed by atoms with van der Waals surface area (Å²) < 4.78 is 0. The van der Waals surface area contributed by atoms with Crippen LogP contribution in [0, 0.1) is 18.0 Å². The molecular formula is C20H29N2+. The van der Waals surface area contributed by atoms with E-state index in [-0.39, 0.29) is 0 Å². The molecule has 22 heavy (non-hydrogen) atoms. The first-order chi connectivity index (χ1) is 10.8. The lowest BCUT2D eigenvalue weighted by molar-refractivity contribution is 0.301. The van der Waals surface area contributed by atoms with E-state index in [1.165, 1.54) is 44.1 Å². The van der Waals surface area contributed by atoms with Gasteiger partial charge in [-0.05, 0) is 24.3 Å². The molecule has 1 aliphatic rings. The molecular weight excluding hydrogens is 268 g/mol. The third-order valence-electron chi connectivity index (χ3n) is 4.61. The van der Waals surface area contributed by atoms with Crippen molar-refractivity contribution in [1.29, 1.82) is 0 Å². The first kappa shape index (κ1) is 16.8. The van der Waals surface area contributed by atoms with Crippen molar-refractivity contribution in [2.24, 2.45) is 21.8 Å². The third-order valence-corrected chi connectivity index (χ3v) is 4.61. The highest BCUT2D eigenvalue weighted by molar-refractivity contribution is 6.18. The standard InChI is InChI=1S/C20H29N2/c1-3-5-6-10-13-19(20-21-14-15-22-20)18(4-2)16-17-11-8-7-9-12-17/h7-9,11-12,14-15,18-19H,3-6,10,13,16H2,1-2H3/q+1. The molecule has 0 amide bonds. The number of benzene rings is 1. The number of aliphatic imine (C=N–C) groups is 2. The normalized spacial score (nSPS) is 16.2. The second-order valence-corrected chi connectivity index (χ2v) is 6.23. The molecule has 0 radical (unpaired) electrons. The fourth-order valence-electron chi connectivity index (χ4n) is 3.30. The minimum Gasteiger partial charge on any atom is -0.0965 e. The van der Waals surface area contributed by atoms with Gasteiger partial charge in [0.15, 0.2) is 12.4 Å². The van der Waals surface area contributed by atoms with Gasteiger partial charge in [0.25, 0.3) is 0 Å². The van der Waals surface area contributed by atoms with Crippen LogP contribution in [-0.4, -0.2) is 12.4 Å². The molecule has 2 atom stereocenters. The summed E-state index contributed by atoms with van der Waals surface area (Å²) in [5.41, 5.74) is 1.43. The van der Waals surface area contributed by atoms with Crippen LogP contribution < -0.4 is 0 Å². The van der Waals surface area contributed by atoms with Gasteiger partial charge in [0, 0.05) is 0 Å². The van der Waals surface area contributed by atoms with Crippen molar-refractivity contribution in [2.75, 3.05) is 0 Å². The molecule has 0 fully saturated rings. The topological polar surface area (TPSA) is 24.7 Å². The monoisotopic (exact) mass is 297 g/mol. The van der Waals surface area contributed by atoms with Crippen molar-refractivity contribution < 1.29 is 0 Å². The predicted molar refractivity (Wildman–Crippen MR) is 96.4 cm³/mol. The average molecular weight is 297 g/mol. The fraction of sp³-hybridized carbons (Fsp3) is 0.550. The van der Waals surface area contributed by atoms with Crippen LogP contribution in [0.4, 0.5) is 0 Å². The Bertz CT molecular complexity index is 452. The van der Waals surface area contributed by atoms with Crippen molar-refractivity contribution in [3.8, 4) is 0 Å². The fourth-order valence-corrected chi connectivity index (χ4v) is 3.30. The second-order valence-electron chi connectivity index (χ2n) is 6.23. The van der Waals surface area contributed by atoms with Crippen LogP contribution in [0.25, 0.3) is 0 Å². The Kier molecular flexibility index (Phi) is 7.21. The van der Waals surface area contributed by atoms with Gasteiger partial charge < -0.3 is 0 Å². The van der Waals surface area contributed by atoms with Crippen LogP contribution in [0.3, 0.4) is 0 Å². The number of nitrogens with zero attached hydrogens (tertiary/aromatic N) is 2. The molecule has 2 nitrogen and oxygen atoms in total. The summed E-state index contributed by atoms with van der Waals surface area (Å²) >= 11 is 0. The number of hydrogen-bond donors (Lipinski definition) is 0. The molecule has 0 aromatic heterocycles. The van der Waals surface area contributed by atoms with E-state index in [9.17, 15) is 0 Å². The molecule has 1 aromatic rings. The SMILES string of the molecule is CCCCCCC([C+]1N=CC=N1)C(CC)Cc1ccccc1. The smallest absolute Gasteiger partial charge is 0.0965 e. The van der Waals surface area contributed by atoms with Crippen LogP contribution in [0.1, 0.15) is 57.9 Å². The van der Waals surface area contributed by atoms with Gasteiger partial charge in [-0.3, -0.25) is 0 Å². The Morgan fingerprint density at radius 2 is 1.68 bits per heavy atom. The highest BCUT2D eigenvalue weighted by Gasteiger charge is 2.34. The third kappa shape index (κ3) is 5.01. The largest absolute Gasteiger partial charge is 0.244 e. The molecule has 0 aliphatic carbocycles. The van der Waals surface area contributed by atoms with Gasteiger partial charge in [0.05, 0.1) is 5.92 Å². The zero-order valence-corrected chi connectivity index (χ0v) is 14.0. The summed E-state index contributed by atoms with van der Waals surface area (Å²) in [5.74, 6) is 1.13. The lowest BCUT2D eigenvalue weighted by atomic mass is 9.80. The van der Waals surface area contributed by atoms with E-state index in [1.54, 1.807) is 0 Å². The first-order valence-electron chi connectivity index (χ1n) is 8.82. The van der Waals surface area contributed by atoms with Crippen molar-refractivity contribution in [1.82, 2.24) is 0 Å². The van der Waals surface area contributed by atoms with Gasteiger partial charge in [0.2, 0.25) is 6.17 Å². The maximum Gasteiger partial charge on any atom is 0.244 e. The molecule has 2 unspecified atom stereocenters. The highest BCUT2D eigenvalue weighted by atomic mass is 15.0. The Hall–Kier alpha value is -1.57. The van der Waals surface area contributed by atoms with E-state index in [4.69, 9.17) is 0 Å². The summed E-state index contributed by atoms with van der Waals surface area (Å²) in [4.78, 5) is 9.03. The minimum atomic E-state index is 0.497. The van der Waals surface area contributed by atoms with Crippen LogP contribution >= 0.6 is 0 Å². The molecule has 1 aliphatic heterocycles. The molecule has 0 saturated carbocycles. The molecule has 118 valence electrons. The minimum absolute atomic E-state index is 0.497. The molecule has 1 heterocycles. The Morgan fingerprint density at radius 1 is 0.955 bits per heavy atom. The van der Waals surface area contributed by atoms with Gasteiger partial charge in [-0.2, -0.15) is 0 Å². The van der Waals surface area contributed by atoms with Crippen LogP contribution in [0.2, 0.25) is 0 Å². The van der Waals surface area contributed by atoms with E-state index in [2.05, 4.69) is 54.2 Å². The maximum absolute atomic E-state index is 4.51. The van der Waals surface area contributed by atoms with E-state index in [1.807, 2.05) is 12.4 Å². The number of rotatable bonds is 10.